The third-order valence-electron chi connectivity index (χ3n) is 17.9. The molecule has 10 atom stereocenters. The van der Waals surface area contributed by atoms with Crippen molar-refractivity contribution in [1.82, 2.24) is 15.6 Å². The molecule has 2 amide bonds. The second-order valence-electron chi connectivity index (χ2n) is 22.1. The molecule has 1 aromatic heterocycles. The molecule has 1 unspecified atom stereocenters. The van der Waals surface area contributed by atoms with E-state index in [1.165, 1.54) is 6.20 Å². The van der Waals surface area contributed by atoms with Crippen molar-refractivity contribution >= 4 is 35.4 Å². The van der Waals surface area contributed by atoms with Crippen molar-refractivity contribution in [3.05, 3.63) is 35.0 Å². The van der Waals surface area contributed by atoms with Crippen LogP contribution in [0.4, 0.5) is 5.82 Å². The van der Waals surface area contributed by atoms with Crippen molar-refractivity contribution in [2.45, 2.75) is 158 Å². The van der Waals surface area contributed by atoms with Crippen molar-refractivity contribution in [3.8, 4) is 0 Å². The summed E-state index contributed by atoms with van der Waals surface area (Å²) in [4.78, 5) is 71.2. The Hall–Kier alpha value is -3.76. The molecule has 5 N–H and O–H groups in total. The van der Waals surface area contributed by atoms with Crippen LogP contribution in [0.1, 0.15) is 151 Å². The van der Waals surface area contributed by atoms with E-state index in [0.29, 0.717) is 36.1 Å². The quantitative estimate of drug-likeness (QED) is 0.192. The summed E-state index contributed by atoms with van der Waals surface area (Å²) >= 11 is 0. The number of Topliss-reactive ketones (excluding diaryl/α,β-unsaturated/α-hetero) is 1. The van der Waals surface area contributed by atoms with Gasteiger partial charge in [-0.15, -0.1) is 0 Å². The molecule has 0 aromatic carbocycles. The zero-order valence-electron chi connectivity index (χ0n) is 36.8. The Morgan fingerprint density at radius 1 is 0.879 bits per heavy atom. The average Bonchev–Trinajstić information content (AvgIpc) is 3.41. The van der Waals surface area contributed by atoms with Gasteiger partial charge in [-0.2, -0.15) is 0 Å². The predicted octanol–water partition coefficient (Wildman–Crippen LogP) is 7.68. The van der Waals surface area contributed by atoms with Crippen molar-refractivity contribution in [1.29, 1.82) is 0 Å². The molecule has 11 nitrogen and oxygen atoms in total. The molecule has 5 fully saturated rings. The fourth-order valence-electron chi connectivity index (χ4n) is 14.2. The largest absolute Gasteiger partial charge is 0.481 e. The molecule has 0 aliphatic heterocycles. The molecule has 58 heavy (non-hydrogen) atoms. The topological polar surface area (TPSA) is 178 Å². The van der Waals surface area contributed by atoms with Crippen LogP contribution >= 0.6 is 0 Å². The SMILES string of the molecule is CC(C)C1=C2[C@H]3CC[C@@H]4[C@@]5(C)CC[C@H](OC(=O)C6C[C@@H](C(=O)O)C6(C)C)C(C)(C)[C@@H]5CC[C@@]4(C)[C@]3(C)CC[C@@]2(NC(=O)C(C)(C)NC(=O)c2ccc(N)nc2)CC1=O. The number of anilines is 1. The number of rotatable bonds is 8. The Labute approximate surface area is 344 Å². The highest BCUT2D eigenvalue weighted by atomic mass is 16.5. The lowest BCUT2D eigenvalue weighted by Gasteiger charge is -2.72. The number of hydrogen-bond acceptors (Lipinski definition) is 8. The molecule has 6 aliphatic carbocycles. The molecule has 7 rings (SSSR count). The average molecular weight is 801 g/mol. The third-order valence-corrected chi connectivity index (χ3v) is 17.9. The Bertz CT molecular complexity index is 1950. The normalized spacial score (nSPS) is 38.7. The van der Waals surface area contributed by atoms with Gasteiger partial charge in [-0.1, -0.05) is 62.3 Å². The van der Waals surface area contributed by atoms with E-state index in [2.05, 4.69) is 64.1 Å². The summed E-state index contributed by atoms with van der Waals surface area (Å²) in [5.74, 6) is -1.47. The highest BCUT2D eigenvalue weighted by Crippen LogP contribution is 2.76. The Kier molecular flexibility index (Phi) is 9.96. The number of carboxylic acid groups (broad SMARTS) is 1. The summed E-state index contributed by atoms with van der Waals surface area (Å²) in [6.07, 6.45) is 8.98. The highest BCUT2D eigenvalue weighted by molar-refractivity contribution is 6.03. The maximum absolute atomic E-state index is 14.3. The van der Waals surface area contributed by atoms with E-state index in [1.807, 2.05) is 13.8 Å². The lowest BCUT2D eigenvalue weighted by atomic mass is 9.33. The van der Waals surface area contributed by atoms with Gasteiger partial charge < -0.3 is 26.2 Å². The molecule has 1 heterocycles. The second kappa shape index (κ2) is 13.6. The summed E-state index contributed by atoms with van der Waals surface area (Å²) in [7, 11) is 0. The van der Waals surface area contributed by atoms with Gasteiger partial charge in [-0.05, 0) is 140 Å². The van der Waals surface area contributed by atoms with Gasteiger partial charge in [0.25, 0.3) is 5.91 Å². The first-order valence-corrected chi connectivity index (χ1v) is 21.8. The molecule has 5 saturated carbocycles. The van der Waals surface area contributed by atoms with Crippen molar-refractivity contribution in [2.75, 3.05) is 5.73 Å². The molecule has 318 valence electrons. The van der Waals surface area contributed by atoms with E-state index in [-0.39, 0.29) is 63.7 Å². The third kappa shape index (κ3) is 6.08. The van der Waals surface area contributed by atoms with Gasteiger partial charge >= 0.3 is 11.9 Å². The van der Waals surface area contributed by atoms with Crippen molar-refractivity contribution in [3.63, 3.8) is 0 Å². The van der Waals surface area contributed by atoms with Gasteiger partial charge in [-0.3, -0.25) is 24.0 Å². The number of allylic oxidation sites excluding steroid dienone is 1. The number of amides is 2. The van der Waals surface area contributed by atoms with Crippen LogP contribution in [-0.4, -0.2) is 56.8 Å². The van der Waals surface area contributed by atoms with Crippen LogP contribution in [0.2, 0.25) is 0 Å². The number of carbonyl (C=O) groups excluding carboxylic acids is 4. The summed E-state index contributed by atoms with van der Waals surface area (Å²) in [5, 5.41) is 16.0. The van der Waals surface area contributed by atoms with Crippen LogP contribution in [0.5, 0.6) is 0 Å². The monoisotopic (exact) mass is 801 g/mol. The number of ketones is 1. The second-order valence-corrected chi connectivity index (χ2v) is 22.1. The predicted molar refractivity (Wildman–Crippen MR) is 221 cm³/mol. The van der Waals surface area contributed by atoms with Gasteiger partial charge in [0, 0.05) is 18.0 Å². The van der Waals surface area contributed by atoms with E-state index >= 15 is 0 Å². The number of nitrogens with zero attached hydrogens (tertiary/aromatic N) is 1. The van der Waals surface area contributed by atoms with Crippen LogP contribution in [0.3, 0.4) is 0 Å². The number of esters is 1. The van der Waals surface area contributed by atoms with Crippen LogP contribution < -0.4 is 16.4 Å². The van der Waals surface area contributed by atoms with Crippen LogP contribution in [0.25, 0.3) is 0 Å². The first-order chi connectivity index (χ1) is 26.8. The van der Waals surface area contributed by atoms with E-state index in [9.17, 15) is 29.1 Å². The Morgan fingerprint density at radius 3 is 2.17 bits per heavy atom. The maximum atomic E-state index is 14.3. The summed E-state index contributed by atoms with van der Waals surface area (Å²) in [6.45, 7) is 23.4. The van der Waals surface area contributed by atoms with Gasteiger partial charge in [0.05, 0.1) is 22.9 Å². The smallest absolute Gasteiger partial charge is 0.309 e. The number of fused-ring (bicyclic) bond motifs is 7. The van der Waals surface area contributed by atoms with Crippen molar-refractivity contribution < 1.29 is 33.8 Å². The number of carbonyl (C=O) groups is 5. The van der Waals surface area contributed by atoms with Gasteiger partial charge in [0.1, 0.15) is 17.5 Å². The van der Waals surface area contributed by atoms with E-state index in [4.69, 9.17) is 10.5 Å². The fraction of sp³-hybridized carbons (Fsp3) is 0.745. The van der Waals surface area contributed by atoms with Gasteiger partial charge in [0.15, 0.2) is 5.78 Å². The number of aliphatic carboxylic acids is 1. The molecule has 0 bridgehead atoms. The standard InChI is InChI=1S/C47H68N4O7/c1-25(2)35-30(52)23-47(51-40(57)43(7,8)50-37(53)26-12-15-34(48)49-24-26)21-20-45(10)27(36(35)47)13-14-32-44(9)18-17-33(42(5,6)31(44)16-19-46(32,45)11)58-39(56)29-22-28(38(54)55)41(29,3)4/h12,15,24-25,27-29,31-33H,13-14,16-23H2,1-11H3,(H2,48,49)(H,50,53)(H,51,57)(H,54,55)/t27-,28+,29?,31+,32-,33+,44+,45-,46-,47-/m1/s1. The number of nitrogens with two attached hydrogens (primary N) is 1. The number of pyridine rings is 1. The minimum Gasteiger partial charge on any atom is -0.481 e. The summed E-state index contributed by atoms with van der Waals surface area (Å²) < 4.78 is 6.41. The maximum Gasteiger partial charge on any atom is 0.309 e. The molecule has 0 saturated heterocycles. The highest BCUT2D eigenvalue weighted by Gasteiger charge is 2.71. The molecular weight excluding hydrogens is 733 g/mol. The number of aromatic nitrogens is 1. The van der Waals surface area contributed by atoms with Crippen LogP contribution in [0.15, 0.2) is 29.5 Å². The zero-order valence-corrected chi connectivity index (χ0v) is 36.8. The van der Waals surface area contributed by atoms with Gasteiger partial charge in [-0.25, -0.2) is 4.98 Å². The van der Waals surface area contributed by atoms with Crippen LogP contribution in [0, 0.1) is 62.6 Å². The molecule has 6 aliphatic rings. The number of nitrogens with one attached hydrogen (secondary N) is 2. The first kappa shape index (κ1) is 42.4. The molecule has 0 spiro atoms. The van der Waals surface area contributed by atoms with E-state index in [1.54, 1.807) is 26.0 Å². The lowest BCUT2D eigenvalue weighted by molar-refractivity contribution is -0.235. The lowest BCUT2D eigenvalue weighted by Crippen LogP contribution is -2.68. The minimum absolute atomic E-state index is 0.00690. The molecular formula is C47H68N4O7. The van der Waals surface area contributed by atoms with E-state index in [0.717, 1.165) is 56.1 Å². The summed E-state index contributed by atoms with van der Waals surface area (Å²) in [6, 6.07) is 3.14. The number of ether oxygens (including phenoxy) is 1. The number of hydrogen-bond donors (Lipinski definition) is 4. The van der Waals surface area contributed by atoms with Crippen molar-refractivity contribution in [2.24, 2.45) is 62.6 Å². The Balaban J connectivity index is 1.13. The number of carboxylic acids is 1. The zero-order chi connectivity index (χ0) is 42.8. The minimum atomic E-state index is -1.27. The fourth-order valence-corrected chi connectivity index (χ4v) is 14.2. The van der Waals surface area contributed by atoms with E-state index < -0.39 is 40.2 Å². The molecule has 1 aromatic rings. The molecule has 0 radical (unpaired) electrons. The summed E-state index contributed by atoms with van der Waals surface area (Å²) in [5.41, 5.74) is 4.95. The number of nitrogen functional groups attached to an aromatic ring is 1. The molecule has 11 heteroatoms. The van der Waals surface area contributed by atoms with Crippen LogP contribution in [-0.2, 0) is 23.9 Å². The van der Waals surface area contributed by atoms with Gasteiger partial charge in [0.2, 0.25) is 5.91 Å². The first-order valence-electron chi connectivity index (χ1n) is 21.8. The Morgan fingerprint density at radius 2 is 1.57 bits per heavy atom.